The Balaban J connectivity index is 3.07. The molecule has 4 nitrogen and oxygen atoms in total. The van der Waals surface area contributed by atoms with Crippen LogP contribution in [-0.4, -0.2) is 57.6 Å². The molecule has 0 bridgehead atoms. The molecule has 0 rings (SSSR count). The van der Waals surface area contributed by atoms with Gasteiger partial charge in [-0.15, -0.1) is 0 Å². The monoisotopic (exact) mass is 229 g/mol. The third kappa shape index (κ3) is 9.78. The van der Waals surface area contributed by atoms with Crippen LogP contribution >= 0.6 is 0 Å². The molecule has 0 aliphatic carbocycles. The minimum absolute atomic E-state index is 0.440. The molecule has 0 aromatic carbocycles. The van der Waals surface area contributed by atoms with Crippen molar-refractivity contribution in [2.24, 2.45) is 0 Å². The number of terminal acetylenes is 1. The van der Waals surface area contributed by atoms with Crippen LogP contribution in [0.15, 0.2) is 0 Å². The molecule has 4 heteroatoms. The van der Waals surface area contributed by atoms with Crippen LogP contribution in [0.1, 0.15) is 13.8 Å². The Morgan fingerprint density at radius 1 is 0.938 bits per heavy atom. The second kappa shape index (κ2) is 12.3. The first-order chi connectivity index (χ1) is 7.85. The van der Waals surface area contributed by atoms with E-state index in [1.165, 1.54) is 0 Å². The molecule has 94 valence electrons. The van der Waals surface area contributed by atoms with Crippen LogP contribution in [0.5, 0.6) is 0 Å². The highest BCUT2D eigenvalue weighted by molar-refractivity contribution is 4.67. The van der Waals surface area contributed by atoms with Crippen molar-refractivity contribution in [3.05, 3.63) is 0 Å². The zero-order valence-electron chi connectivity index (χ0n) is 10.4. The molecule has 0 fully saturated rings. The molecule has 0 saturated carbocycles. The minimum Gasteiger partial charge on any atom is -0.444 e. The van der Waals surface area contributed by atoms with Gasteiger partial charge in [0.05, 0.1) is 26.4 Å². The molecular weight excluding hydrogens is 206 g/mol. The Kier molecular flexibility index (Phi) is 11.7. The second-order valence-corrected chi connectivity index (χ2v) is 3.22. The summed E-state index contributed by atoms with van der Waals surface area (Å²) in [5.41, 5.74) is 0. The van der Waals surface area contributed by atoms with Crippen molar-refractivity contribution in [3.63, 3.8) is 0 Å². The lowest BCUT2D eigenvalue weighted by molar-refractivity contribution is 0.0270. The summed E-state index contributed by atoms with van der Waals surface area (Å²) in [4.78, 5) is 2.32. The number of hydrogen-bond donors (Lipinski definition) is 0. The van der Waals surface area contributed by atoms with Gasteiger partial charge >= 0.3 is 0 Å². The smallest absolute Gasteiger partial charge is 0.123 e. The van der Waals surface area contributed by atoms with Crippen LogP contribution < -0.4 is 0 Å². The lowest BCUT2D eigenvalue weighted by atomic mass is 10.5. The molecule has 0 amide bonds. The minimum atomic E-state index is 0.440. The Morgan fingerprint density at radius 2 is 1.50 bits per heavy atom. The maximum absolute atomic E-state index is 5.43. The summed E-state index contributed by atoms with van der Waals surface area (Å²) in [6, 6.07) is 0. The molecule has 0 aliphatic rings. The van der Waals surface area contributed by atoms with E-state index in [0.29, 0.717) is 26.4 Å². The van der Waals surface area contributed by atoms with E-state index in [1.54, 1.807) is 0 Å². The zero-order chi connectivity index (χ0) is 12.1. The fourth-order valence-corrected chi connectivity index (χ4v) is 1.21. The van der Waals surface area contributed by atoms with Crippen molar-refractivity contribution < 1.29 is 14.2 Å². The van der Waals surface area contributed by atoms with Crippen LogP contribution in [-0.2, 0) is 14.2 Å². The number of rotatable bonds is 11. The molecule has 0 aromatic heterocycles. The van der Waals surface area contributed by atoms with Crippen LogP contribution in [0, 0.1) is 12.5 Å². The largest absolute Gasteiger partial charge is 0.444 e. The molecular formula is C12H23NO3. The van der Waals surface area contributed by atoms with Crippen LogP contribution in [0.4, 0.5) is 0 Å². The average Bonchev–Trinajstić information content (AvgIpc) is 2.32. The summed E-state index contributed by atoms with van der Waals surface area (Å²) in [5.74, 6) is 0. The fraction of sp³-hybridized carbons (Fsp3) is 0.833. The van der Waals surface area contributed by atoms with Gasteiger partial charge in [-0.25, -0.2) is 0 Å². The van der Waals surface area contributed by atoms with E-state index in [1.807, 2.05) is 0 Å². The summed E-state index contributed by atoms with van der Waals surface area (Å²) in [6.45, 7) is 10.3. The van der Waals surface area contributed by atoms with E-state index in [9.17, 15) is 0 Å². The van der Waals surface area contributed by atoms with Crippen LogP contribution in [0.25, 0.3) is 0 Å². The number of nitrogens with zero attached hydrogens (tertiary/aromatic N) is 1. The first kappa shape index (κ1) is 15.2. The Morgan fingerprint density at radius 3 is 2.06 bits per heavy atom. The summed E-state index contributed by atoms with van der Waals surface area (Å²) in [7, 11) is 0. The third-order valence-electron chi connectivity index (χ3n) is 2.23. The zero-order valence-corrected chi connectivity index (χ0v) is 10.4. The summed E-state index contributed by atoms with van der Waals surface area (Å²) < 4.78 is 15.3. The average molecular weight is 229 g/mol. The molecule has 16 heavy (non-hydrogen) atoms. The summed E-state index contributed by atoms with van der Waals surface area (Å²) >= 11 is 0. The van der Waals surface area contributed by atoms with Crippen molar-refractivity contribution >= 4 is 0 Å². The summed E-state index contributed by atoms with van der Waals surface area (Å²) in [5, 5.41) is 0. The van der Waals surface area contributed by atoms with E-state index in [-0.39, 0.29) is 0 Å². The fourth-order valence-electron chi connectivity index (χ4n) is 1.21. The highest BCUT2D eigenvalue weighted by Crippen LogP contribution is 1.87. The number of ether oxygens (including phenoxy) is 3. The molecule has 0 N–H and O–H groups in total. The van der Waals surface area contributed by atoms with E-state index in [0.717, 1.165) is 26.2 Å². The maximum atomic E-state index is 5.43. The predicted octanol–water partition coefficient (Wildman–Crippen LogP) is 0.969. The van der Waals surface area contributed by atoms with Gasteiger partial charge in [0.2, 0.25) is 0 Å². The molecule has 0 heterocycles. The molecule has 0 saturated heterocycles. The first-order valence-electron chi connectivity index (χ1n) is 5.80. The van der Waals surface area contributed by atoms with E-state index < -0.39 is 0 Å². The number of hydrogen-bond acceptors (Lipinski definition) is 4. The normalized spacial score (nSPS) is 10.4. The van der Waals surface area contributed by atoms with Gasteiger partial charge in [-0.2, -0.15) is 0 Å². The first-order valence-corrected chi connectivity index (χ1v) is 5.80. The molecule has 0 spiro atoms. The molecule has 0 aromatic rings. The van der Waals surface area contributed by atoms with Crippen molar-refractivity contribution in [2.45, 2.75) is 13.8 Å². The highest BCUT2D eigenvalue weighted by atomic mass is 16.5. The standard InChI is InChI=1S/C12H23NO3/c1-4-13(5-2)7-8-15-11-12-16-10-9-14-6-3/h3H,4-5,7-12H2,1-2H3. The quantitative estimate of drug-likeness (QED) is 0.390. The third-order valence-corrected chi connectivity index (χ3v) is 2.23. The van der Waals surface area contributed by atoms with Gasteiger partial charge in [-0.05, 0) is 13.1 Å². The van der Waals surface area contributed by atoms with Gasteiger partial charge in [0, 0.05) is 6.54 Å². The molecule has 0 unspecified atom stereocenters. The SMILES string of the molecule is C#COCCOCCOCCN(CC)CC. The van der Waals surface area contributed by atoms with Gasteiger partial charge in [-0.3, -0.25) is 0 Å². The topological polar surface area (TPSA) is 30.9 Å². The lowest BCUT2D eigenvalue weighted by Gasteiger charge is -2.17. The Bertz CT molecular complexity index is 176. The van der Waals surface area contributed by atoms with Gasteiger partial charge < -0.3 is 19.1 Å². The van der Waals surface area contributed by atoms with E-state index in [2.05, 4.69) is 29.6 Å². The maximum Gasteiger partial charge on any atom is 0.123 e. The van der Waals surface area contributed by atoms with E-state index in [4.69, 9.17) is 15.9 Å². The van der Waals surface area contributed by atoms with Gasteiger partial charge in [-0.1, -0.05) is 20.3 Å². The van der Waals surface area contributed by atoms with Crippen LogP contribution in [0.2, 0.25) is 0 Å². The van der Waals surface area contributed by atoms with Crippen molar-refractivity contribution in [1.29, 1.82) is 0 Å². The van der Waals surface area contributed by atoms with Gasteiger partial charge in [0.1, 0.15) is 12.7 Å². The molecule has 0 atom stereocenters. The predicted molar refractivity (Wildman–Crippen MR) is 64.2 cm³/mol. The van der Waals surface area contributed by atoms with Gasteiger partial charge in [0.25, 0.3) is 0 Å². The highest BCUT2D eigenvalue weighted by Gasteiger charge is 1.97. The molecule has 0 radical (unpaired) electrons. The second-order valence-electron chi connectivity index (χ2n) is 3.22. The molecule has 0 aliphatic heterocycles. The number of likely N-dealkylation sites (N-methyl/N-ethyl adjacent to an activating group) is 1. The summed E-state index contributed by atoms with van der Waals surface area (Å²) in [6.07, 6.45) is 6.99. The van der Waals surface area contributed by atoms with Crippen molar-refractivity contribution in [3.8, 4) is 12.5 Å². The Labute approximate surface area is 98.9 Å². The Hall–Kier alpha value is -0.760. The lowest BCUT2D eigenvalue weighted by Crippen LogP contribution is -2.27. The van der Waals surface area contributed by atoms with Gasteiger partial charge in [0.15, 0.2) is 0 Å². The van der Waals surface area contributed by atoms with Crippen molar-refractivity contribution in [1.82, 2.24) is 4.90 Å². The van der Waals surface area contributed by atoms with E-state index >= 15 is 0 Å². The van der Waals surface area contributed by atoms with Crippen molar-refractivity contribution in [2.75, 3.05) is 52.7 Å². The van der Waals surface area contributed by atoms with Crippen LogP contribution in [0.3, 0.4) is 0 Å².